The van der Waals surface area contributed by atoms with E-state index in [-0.39, 0.29) is 23.9 Å². The number of aryl methyl sites for hydroxylation is 2. The van der Waals surface area contributed by atoms with E-state index in [1.54, 1.807) is 37.1 Å². The highest BCUT2D eigenvalue weighted by Gasteiger charge is 2.19. The molecular formula is C22H17BrF3N9O2. The third kappa shape index (κ3) is 4.76. The van der Waals surface area contributed by atoms with Crippen molar-refractivity contribution < 1.29 is 13.2 Å². The zero-order valence-electron chi connectivity index (χ0n) is 19.3. The second kappa shape index (κ2) is 9.31. The van der Waals surface area contributed by atoms with E-state index in [0.717, 1.165) is 26.7 Å². The Morgan fingerprint density at radius 2 is 1.68 bits per heavy atom. The van der Waals surface area contributed by atoms with Gasteiger partial charge in [0.1, 0.15) is 6.33 Å². The lowest BCUT2D eigenvalue weighted by atomic mass is 10.2. The first-order chi connectivity index (χ1) is 17.6. The number of benzene rings is 2. The van der Waals surface area contributed by atoms with Crippen molar-refractivity contribution >= 4 is 38.5 Å². The molecule has 0 fully saturated rings. The van der Waals surface area contributed by atoms with Gasteiger partial charge in [0.15, 0.2) is 23.3 Å². The average Bonchev–Trinajstić information content (AvgIpc) is 3.41. The van der Waals surface area contributed by atoms with Gasteiger partial charge in [-0.15, -0.1) is 0 Å². The van der Waals surface area contributed by atoms with Gasteiger partial charge in [0.25, 0.3) is 0 Å². The summed E-state index contributed by atoms with van der Waals surface area (Å²) >= 11 is 3.43. The first-order valence-electron chi connectivity index (χ1n) is 10.7. The van der Waals surface area contributed by atoms with E-state index in [9.17, 15) is 22.8 Å². The van der Waals surface area contributed by atoms with Crippen LogP contribution >= 0.6 is 15.9 Å². The number of nitrogens with one attached hydrogen (secondary N) is 1. The number of halogens is 4. The van der Waals surface area contributed by atoms with Crippen molar-refractivity contribution in [2.75, 3.05) is 5.32 Å². The Balaban J connectivity index is 1.63. The summed E-state index contributed by atoms with van der Waals surface area (Å²) in [5.74, 6) is -4.48. The van der Waals surface area contributed by atoms with Crippen LogP contribution in [0.15, 0.2) is 50.9 Å². The van der Waals surface area contributed by atoms with Crippen molar-refractivity contribution in [2.24, 2.45) is 14.1 Å². The lowest BCUT2D eigenvalue weighted by molar-refractivity contribution is 0.444. The number of anilines is 2. The molecule has 1 N–H and O–H groups in total. The van der Waals surface area contributed by atoms with Crippen LogP contribution in [0.25, 0.3) is 10.9 Å². The monoisotopic (exact) mass is 575 g/mol. The smallest absolute Gasteiger partial charge is 0.324 e. The molecule has 0 amide bonds. The standard InChI is InChI=1S/C22H17BrF3N9O2/c1-32-8-12-5-17(13(23)6-16(12)30-32)28-20-29-21(36)35(9-18-27-10-33(2)31-18)22(37)34(20)7-11-3-14(24)19(26)15(25)4-11/h3-6,8,10H,7,9H2,1-2H3,(H,28,29,36). The summed E-state index contributed by atoms with van der Waals surface area (Å²) in [6.07, 6.45) is 3.17. The summed E-state index contributed by atoms with van der Waals surface area (Å²) < 4.78 is 46.7. The van der Waals surface area contributed by atoms with Crippen molar-refractivity contribution in [1.82, 2.24) is 38.7 Å². The van der Waals surface area contributed by atoms with Crippen molar-refractivity contribution in [2.45, 2.75) is 13.1 Å². The summed E-state index contributed by atoms with van der Waals surface area (Å²) in [5.41, 5.74) is -0.668. The molecule has 0 bridgehead atoms. The third-order valence-corrected chi connectivity index (χ3v) is 6.09. The van der Waals surface area contributed by atoms with E-state index in [1.165, 1.54) is 11.0 Å². The Bertz CT molecular complexity index is 1770. The molecule has 15 heteroatoms. The Hall–Kier alpha value is -4.27. The van der Waals surface area contributed by atoms with Crippen LogP contribution in [0, 0.1) is 17.5 Å². The van der Waals surface area contributed by atoms with Crippen LogP contribution in [0.4, 0.5) is 24.8 Å². The molecule has 0 spiro atoms. The van der Waals surface area contributed by atoms with E-state index in [2.05, 4.69) is 41.4 Å². The maximum atomic E-state index is 13.9. The predicted molar refractivity (Wildman–Crippen MR) is 130 cm³/mol. The molecule has 37 heavy (non-hydrogen) atoms. The lowest BCUT2D eigenvalue weighted by Crippen LogP contribution is -2.43. The molecule has 3 aromatic heterocycles. The predicted octanol–water partition coefficient (Wildman–Crippen LogP) is 2.44. The molecule has 0 unspecified atom stereocenters. The molecule has 2 aromatic carbocycles. The maximum absolute atomic E-state index is 13.9. The highest BCUT2D eigenvalue weighted by atomic mass is 79.9. The van der Waals surface area contributed by atoms with Crippen LogP contribution in [0.2, 0.25) is 0 Å². The number of fused-ring (bicyclic) bond motifs is 1. The van der Waals surface area contributed by atoms with E-state index < -0.39 is 35.4 Å². The van der Waals surface area contributed by atoms with Crippen LogP contribution in [-0.4, -0.2) is 38.7 Å². The number of hydrogen-bond donors (Lipinski definition) is 1. The first kappa shape index (κ1) is 24.4. The van der Waals surface area contributed by atoms with E-state index in [0.29, 0.717) is 15.7 Å². The second-order valence-corrected chi connectivity index (χ2v) is 9.05. The van der Waals surface area contributed by atoms with E-state index in [1.807, 2.05) is 0 Å². The fraction of sp³-hybridized carbons (Fsp3) is 0.182. The molecule has 5 aromatic rings. The van der Waals surface area contributed by atoms with Gasteiger partial charge < -0.3 is 5.32 Å². The fourth-order valence-corrected chi connectivity index (χ4v) is 4.20. The van der Waals surface area contributed by atoms with E-state index >= 15 is 0 Å². The zero-order chi connectivity index (χ0) is 26.4. The third-order valence-electron chi connectivity index (χ3n) is 5.43. The molecule has 0 aliphatic heterocycles. The summed E-state index contributed by atoms with van der Waals surface area (Å²) in [7, 11) is 3.38. The van der Waals surface area contributed by atoms with Crippen LogP contribution in [0.5, 0.6) is 0 Å². The van der Waals surface area contributed by atoms with Gasteiger partial charge in [-0.2, -0.15) is 15.2 Å². The number of nitrogens with zero attached hydrogens (tertiary/aromatic N) is 8. The van der Waals surface area contributed by atoms with Crippen molar-refractivity contribution in [1.29, 1.82) is 0 Å². The fourth-order valence-electron chi connectivity index (χ4n) is 3.77. The summed E-state index contributed by atoms with van der Waals surface area (Å²) in [5, 5.41) is 12.1. The number of aromatic nitrogens is 8. The Labute approximate surface area is 213 Å². The summed E-state index contributed by atoms with van der Waals surface area (Å²) in [6, 6.07) is 4.99. The lowest BCUT2D eigenvalue weighted by Gasteiger charge is -2.16. The molecule has 190 valence electrons. The largest absolute Gasteiger partial charge is 0.355 e. The molecule has 0 atom stereocenters. The van der Waals surface area contributed by atoms with Crippen molar-refractivity contribution in [3.05, 3.63) is 91.1 Å². The van der Waals surface area contributed by atoms with Gasteiger partial charge >= 0.3 is 11.4 Å². The normalized spacial score (nSPS) is 11.4. The SMILES string of the molecule is Cn1cnc(Cn2c(=O)nc(Nc3cc4cn(C)nc4cc3Br)n(Cc3cc(F)c(F)c(F)c3)c2=O)n1. The number of rotatable bonds is 6. The van der Waals surface area contributed by atoms with Gasteiger partial charge in [0.05, 0.1) is 24.3 Å². The molecular weight excluding hydrogens is 559 g/mol. The molecule has 5 rings (SSSR count). The highest BCUT2D eigenvalue weighted by molar-refractivity contribution is 9.10. The van der Waals surface area contributed by atoms with Crippen molar-refractivity contribution in [3.63, 3.8) is 0 Å². The zero-order valence-corrected chi connectivity index (χ0v) is 20.9. The summed E-state index contributed by atoms with van der Waals surface area (Å²) in [6.45, 7) is -0.714. The minimum atomic E-state index is -1.63. The van der Waals surface area contributed by atoms with Gasteiger partial charge in [-0.25, -0.2) is 32.3 Å². The van der Waals surface area contributed by atoms with Gasteiger partial charge in [0, 0.05) is 30.2 Å². The Morgan fingerprint density at radius 1 is 0.946 bits per heavy atom. The van der Waals surface area contributed by atoms with Gasteiger partial charge in [-0.05, 0) is 45.8 Å². The molecule has 0 saturated carbocycles. The Morgan fingerprint density at radius 3 is 2.35 bits per heavy atom. The molecule has 11 nitrogen and oxygen atoms in total. The molecule has 3 heterocycles. The molecule has 0 radical (unpaired) electrons. The topological polar surface area (TPSA) is 117 Å². The molecule has 0 aliphatic carbocycles. The van der Waals surface area contributed by atoms with Gasteiger partial charge in [-0.3, -0.25) is 13.9 Å². The summed E-state index contributed by atoms with van der Waals surface area (Å²) in [4.78, 5) is 34.3. The van der Waals surface area contributed by atoms with Crippen molar-refractivity contribution in [3.8, 4) is 0 Å². The quantitative estimate of drug-likeness (QED) is 0.309. The molecule has 0 aliphatic rings. The van der Waals surface area contributed by atoms with Crippen LogP contribution in [0.3, 0.4) is 0 Å². The minimum Gasteiger partial charge on any atom is -0.324 e. The highest BCUT2D eigenvalue weighted by Crippen LogP contribution is 2.29. The maximum Gasteiger partial charge on any atom is 0.355 e. The van der Waals surface area contributed by atoms with Crippen LogP contribution < -0.4 is 16.7 Å². The van der Waals surface area contributed by atoms with Crippen LogP contribution in [0.1, 0.15) is 11.4 Å². The Kier molecular flexibility index (Phi) is 6.15. The number of hydrogen-bond acceptors (Lipinski definition) is 7. The second-order valence-electron chi connectivity index (χ2n) is 8.20. The molecule has 0 saturated heterocycles. The van der Waals surface area contributed by atoms with E-state index in [4.69, 9.17) is 0 Å². The van der Waals surface area contributed by atoms with Gasteiger partial charge in [-0.1, -0.05) is 0 Å². The van der Waals surface area contributed by atoms with Gasteiger partial charge in [0.2, 0.25) is 5.95 Å². The van der Waals surface area contributed by atoms with Crippen LogP contribution in [-0.2, 0) is 27.2 Å². The minimum absolute atomic E-state index is 0.0636. The first-order valence-corrected chi connectivity index (χ1v) is 11.5. The average molecular weight is 576 g/mol.